The Morgan fingerprint density at radius 1 is 1.22 bits per heavy atom. The van der Waals surface area contributed by atoms with E-state index < -0.39 is 0 Å². The van der Waals surface area contributed by atoms with Crippen LogP contribution in [0.15, 0.2) is 24.3 Å². The van der Waals surface area contributed by atoms with Crippen LogP contribution >= 0.6 is 0 Å². The van der Waals surface area contributed by atoms with Gasteiger partial charge in [0.2, 0.25) is 5.91 Å². The lowest BCUT2D eigenvalue weighted by atomic mass is 10.0. The second-order valence-electron chi connectivity index (χ2n) is 4.98. The van der Waals surface area contributed by atoms with E-state index in [1.165, 1.54) is 5.56 Å². The summed E-state index contributed by atoms with van der Waals surface area (Å²) >= 11 is 0. The maximum absolute atomic E-state index is 11.8. The van der Waals surface area contributed by atoms with Crippen LogP contribution in [0.3, 0.4) is 0 Å². The summed E-state index contributed by atoms with van der Waals surface area (Å²) in [5.74, 6) is 0.424. The average molecular weight is 248 g/mol. The summed E-state index contributed by atoms with van der Waals surface area (Å²) in [6.45, 7) is 8.80. The second-order valence-corrected chi connectivity index (χ2v) is 4.98. The molecule has 0 aliphatic carbocycles. The first-order valence-corrected chi connectivity index (χ1v) is 6.66. The van der Waals surface area contributed by atoms with E-state index in [2.05, 4.69) is 44.4 Å². The summed E-state index contributed by atoms with van der Waals surface area (Å²) < 4.78 is 0. The topological polar surface area (TPSA) is 41.1 Å². The molecule has 0 saturated carbocycles. The fraction of sp³-hybridized carbons (Fsp3) is 0.533. The molecule has 3 heteroatoms. The van der Waals surface area contributed by atoms with Crippen molar-refractivity contribution in [2.45, 2.75) is 46.1 Å². The number of hydrogen-bond acceptors (Lipinski definition) is 2. The summed E-state index contributed by atoms with van der Waals surface area (Å²) in [4.78, 5) is 11.8. The van der Waals surface area contributed by atoms with E-state index in [0.29, 0.717) is 18.5 Å². The van der Waals surface area contributed by atoms with Crippen LogP contribution in [-0.2, 0) is 4.79 Å². The molecule has 2 N–H and O–H groups in total. The lowest BCUT2D eigenvalue weighted by Crippen LogP contribution is -2.34. The molecule has 1 amide bonds. The molecule has 0 saturated heterocycles. The molecule has 3 nitrogen and oxygen atoms in total. The fourth-order valence-corrected chi connectivity index (χ4v) is 1.72. The second kappa shape index (κ2) is 7.17. The highest BCUT2D eigenvalue weighted by Gasteiger charge is 2.09. The maximum Gasteiger partial charge on any atom is 0.238 e. The molecule has 0 heterocycles. The number of carbonyl (C=O) groups excluding carboxylic acids is 1. The van der Waals surface area contributed by atoms with Gasteiger partial charge in [-0.1, -0.05) is 39.0 Å². The minimum absolute atomic E-state index is 0.0170. The zero-order chi connectivity index (χ0) is 13.5. The average Bonchev–Trinajstić information content (AvgIpc) is 2.36. The van der Waals surface area contributed by atoms with Crippen molar-refractivity contribution in [3.63, 3.8) is 0 Å². The molecule has 0 spiro atoms. The van der Waals surface area contributed by atoms with Crippen molar-refractivity contribution in [2.75, 3.05) is 11.9 Å². The number of benzene rings is 1. The van der Waals surface area contributed by atoms with Gasteiger partial charge in [0.05, 0.1) is 6.54 Å². The van der Waals surface area contributed by atoms with Gasteiger partial charge in [0, 0.05) is 11.7 Å². The van der Waals surface area contributed by atoms with Gasteiger partial charge in [-0.05, 0) is 30.9 Å². The Morgan fingerprint density at radius 2 is 1.89 bits per heavy atom. The molecule has 100 valence electrons. The van der Waals surface area contributed by atoms with Gasteiger partial charge in [-0.2, -0.15) is 0 Å². The molecular formula is C15H24N2O. The van der Waals surface area contributed by atoms with Crippen LogP contribution in [0.4, 0.5) is 5.69 Å². The number of carbonyl (C=O) groups is 1. The fourth-order valence-electron chi connectivity index (χ4n) is 1.72. The molecule has 0 aliphatic rings. The van der Waals surface area contributed by atoms with Crippen molar-refractivity contribution in [1.82, 2.24) is 5.32 Å². The first-order valence-electron chi connectivity index (χ1n) is 6.66. The summed E-state index contributed by atoms with van der Waals surface area (Å²) in [5.41, 5.74) is 2.10. The van der Waals surface area contributed by atoms with E-state index in [9.17, 15) is 4.79 Å². The summed E-state index contributed by atoms with van der Waals surface area (Å²) in [5, 5.41) is 6.16. The van der Waals surface area contributed by atoms with Crippen LogP contribution in [-0.4, -0.2) is 18.5 Å². The number of rotatable bonds is 6. The van der Waals surface area contributed by atoms with E-state index in [0.717, 1.165) is 12.1 Å². The highest BCUT2D eigenvalue weighted by atomic mass is 16.1. The molecule has 1 unspecified atom stereocenters. The molecule has 0 radical (unpaired) electrons. The molecule has 0 aliphatic heterocycles. The van der Waals surface area contributed by atoms with Gasteiger partial charge in [0.1, 0.15) is 0 Å². The summed E-state index contributed by atoms with van der Waals surface area (Å²) in [7, 11) is 0. The molecule has 0 bridgehead atoms. The molecular weight excluding hydrogens is 224 g/mol. The van der Waals surface area contributed by atoms with Gasteiger partial charge in [-0.15, -0.1) is 0 Å². The Hall–Kier alpha value is -1.35. The highest BCUT2D eigenvalue weighted by Crippen LogP contribution is 2.23. The van der Waals surface area contributed by atoms with E-state index in [-0.39, 0.29) is 5.91 Å². The van der Waals surface area contributed by atoms with E-state index >= 15 is 0 Å². The molecule has 1 atom stereocenters. The standard InChI is InChI=1S/C15H24N2O/c1-5-12(4)16-10-15(18)17-14-9-7-6-8-13(14)11(2)3/h6-9,11-12,16H,5,10H2,1-4H3,(H,17,18). The normalized spacial score (nSPS) is 12.5. The predicted molar refractivity (Wildman–Crippen MR) is 76.9 cm³/mol. The lowest BCUT2D eigenvalue weighted by molar-refractivity contribution is -0.115. The third-order valence-electron chi connectivity index (χ3n) is 3.08. The van der Waals surface area contributed by atoms with Crippen LogP contribution in [0.5, 0.6) is 0 Å². The van der Waals surface area contributed by atoms with Crippen molar-refractivity contribution >= 4 is 11.6 Å². The zero-order valence-electron chi connectivity index (χ0n) is 11.8. The molecule has 1 aromatic carbocycles. The van der Waals surface area contributed by atoms with Crippen molar-refractivity contribution in [3.8, 4) is 0 Å². The number of amides is 1. The Kier molecular flexibility index (Phi) is 5.86. The number of para-hydroxylation sites is 1. The Bertz CT molecular complexity index is 388. The van der Waals surface area contributed by atoms with E-state index in [1.54, 1.807) is 0 Å². The SMILES string of the molecule is CCC(C)NCC(=O)Nc1ccccc1C(C)C. The minimum Gasteiger partial charge on any atom is -0.325 e. The van der Waals surface area contributed by atoms with Crippen LogP contribution in [0, 0.1) is 0 Å². The third-order valence-corrected chi connectivity index (χ3v) is 3.08. The number of nitrogens with one attached hydrogen (secondary N) is 2. The monoisotopic (exact) mass is 248 g/mol. The largest absolute Gasteiger partial charge is 0.325 e. The Balaban J connectivity index is 2.59. The van der Waals surface area contributed by atoms with Gasteiger partial charge in [0.25, 0.3) is 0 Å². The van der Waals surface area contributed by atoms with E-state index in [4.69, 9.17) is 0 Å². The molecule has 0 aromatic heterocycles. The van der Waals surface area contributed by atoms with Crippen LogP contribution in [0.2, 0.25) is 0 Å². The number of anilines is 1. The van der Waals surface area contributed by atoms with Crippen LogP contribution in [0.25, 0.3) is 0 Å². The third kappa shape index (κ3) is 4.49. The predicted octanol–water partition coefficient (Wildman–Crippen LogP) is 3.14. The Labute approximate surface area is 110 Å². The zero-order valence-corrected chi connectivity index (χ0v) is 11.8. The minimum atomic E-state index is 0.0170. The summed E-state index contributed by atoms with van der Waals surface area (Å²) in [6, 6.07) is 8.33. The van der Waals surface area contributed by atoms with Gasteiger partial charge in [0.15, 0.2) is 0 Å². The molecule has 0 fully saturated rings. The Morgan fingerprint density at radius 3 is 2.50 bits per heavy atom. The van der Waals surface area contributed by atoms with Crippen LogP contribution in [0.1, 0.15) is 45.6 Å². The van der Waals surface area contributed by atoms with Gasteiger partial charge in [-0.25, -0.2) is 0 Å². The van der Waals surface area contributed by atoms with Crippen molar-refractivity contribution in [1.29, 1.82) is 0 Å². The smallest absolute Gasteiger partial charge is 0.238 e. The maximum atomic E-state index is 11.8. The highest BCUT2D eigenvalue weighted by molar-refractivity contribution is 5.93. The lowest BCUT2D eigenvalue weighted by Gasteiger charge is -2.15. The molecule has 18 heavy (non-hydrogen) atoms. The van der Waals surface area contributed by atoms with Gasteiger partial charge >= 0.3 is 0 Å². The van der Waals surface area contributed by atoms with E-state index in [1.807, 2.05) is 18.2 Å². The first kappa shape index (κ1) is 14.7. The van der Waals surface area contributed by atoms with Crippen molar-refractivity contribution < 1.29 is 4.79 Å². The van der Waals surface area contributed by atoms with Crippen LogP contribution < -0.4 is 10.6 Å². The molecule has 1 rings (SSSR count). The molecule has 1 aromatic rings. The quantitative estimate of drug-likeness (QED) is 0.812. The summed E-state index contributed by atoms with van der Waals surface area (Å²) in [6.07, 6.45) is 1.02. The number of hydrogen-bond donors (Lipinski definition) is 2. The van der Waals surface area contributed by atoms with Gasteiger partial charge < -0.3 is 10.6 Å². The van der Waals surface area contributed by atoms with Crippen molar-refractivity contribution in [2.24, 2.45) is 0 Å². The first-order chi connectivity index (χ1) is 8.54. The van der Waals surface area contributed by atoms with Gasteiger partial charge in [-0.3, -0.25) is 4.79 Å². The van der Waals surface area contributed by atoms with Crippen molar-refractivity contribution in [3.05, 3.63) is 29.8 Å².